The number of benzene rings is 1. The Hall–Kier alpha value is -1.89. The maximum absolute atomic E-state index is 12.5. The molecule has 2 aromatic rings. The second-order valence-corrected chi connectivity index (χ2v) is 3.74. The summed E-state index contributed by atoms with van der Waals surface area (Å²) in [5.41, 5.74) is 5.28. The smallest absolute Gasteiger partial charge is 0.324 e. The highest BCUT2D eigenvalue weighted by atomic mass is 19.4. The van der Waals surface area contributed by atoms with Crippen LogP contribution in [0.4, 0.5) is 13.2 Å². The second-order valence-electron chi connectivity index (χ2n) is 3.74. The standard InChI is InChI=1S/C11H11F3N4/c12-11(13,14)9-3-1-2-8(4-9)6-18-10(5-15)16-7-17-18/h1-4,7H,5-6,15H2. The van der Waals surface area contributed by atoms with Crippen molar-refractivity contribution in [3.05, 3.63) is 47.5 Å². The van der Waals surface area contributed by atoms with Crippen LogP contribution in [0.25, 0.3) is 0 Å². The van der Waals surface area contributed by atoms with E-state index in [2.05, 4.69) is 10.1 Å². The minimum atomic E-state index is -4.34. The Kier molecular flexibility index (Phi) is 3.33. The number of hydrogen-bond donors (Lipinski definition) is 1. The summed E-state index contributed by atoms with van der Waals surface area (Å²) in [5.74, 6) is 0.535. The van der Waals surface area contributed by atoms with E-state index in [0.29, 0.717) is 11.4 Å². The summed E-state index contributed by atoms with van der Waals surface area (Å²) in [5, 5.41) is 3.92. The van der Waals surface area contributed by atoms with Crippen LogP contribution >= 0.6 is 0 Å². The van der Waals surface area contributed by atoms with Gasteiger partial charge in [0.2, 0.25) is 0 Å². The molecule has 0 fully saturated rings. The normalized spacial score (nSPS) is 11.8. The largest absolute Gasteiger partial charge is 0.416 e. The Balaban J connectivity index is 2.25. The van der Waals surface area contributed by atoms with E-state index in [1.54, 1.807) is 6.07 Å². The predicted molar refractivity (Wildman–Crippen MR) is 58.5 cm³/mol. The molecule has 18 heavy (non-hydrogen) atoms. The summed E-state index contributed by atoms with van der Waals surface area (Å²) < 4.78 is 39.1. The molecular weight excluding hydrogens is 245 g/mol. The summed E-state index contributed by atoms with van der Waals surface area (Å²) in [4.78, 5) is 3.91. The highest BCUT2D eigenvalue weighted by Crippen LogP contribution is 2.29. The Morgan fingerprint density at radius 3 is 2.72 bits per heavy atom. The molecule has 0 aliphatic rings. The molecule has 7 heteroatoms. The first kappa shape index (κ1) is 12.6. The third-order valence-electron chi connectivity index (χ3n) is 2.46. The van der Waals surface area contributed by atoms with E-state index in [0.717, 1.165) is 12.1 Å². The highest BCUT2D eigenvalue weighted by Gasteiger charge is 2.30. The van der Waals surface area contributed by atoms with E-state index in [1.165, 1.54) is 17.1 Å². The number of halogens is 3. The minimum Gasteiger partial charge on any atom is -0.324 e. The fraction of sp³-hybridized carbons (Fsp3) is 0.273. The van der Waals surface area contributed by atoms with Crippen molar-refractivity contribution in [2.45, 2.75) is 19.3 Å². The molecule has 0 aliphatic carbocycles. The fourth-order valence-corrected chi connectivity index (χ4v) is 1.60. The Labute approximate surface area is 101 Å². The first-order chi connectivity index (χ1) is 8.50. The van der Waals surface area contributed by atoms with Gasteiger partial charge in [-0.1, -0.05) is 12.1 Å². The Morgan fingerprint density at radius 2 is 2.06 bits per heavy atom. The zero-order valence-electron chi connectivity index (χ0n) is 9.35. The van der Waals surface area contributed by atoms with Crippen molar-refractivity contribution in [1.82, 2.24) is 14.8 Å². The average molecular weight is 256 g/mol. The van der Waals surface area contributed by atoms with Crippen LogP contribution in [0.1, 0.15) is 17.0 Å². The molecular formula is C11H11F3N4. The zero-order valence-corrected chi connectivity index (χ0v) is 9.35. The summed E-state index contributed by atoms with van der Waals surface area (Å²) in [6.07, 6.45) is -3.01. The van der Waals surface area contributed by atoms with Gasteiger partial charge in [-0.2, -0.15) is 18.3 Å². The van der Waals surface area contributed by atoms with Crippen molar-refractivity contribution in [1.29, 1.82) is 0 Å². The monoisotopic (exact) mass is 256 g/mol. The number of rotatable bonds is 3. The molecule has 2 rings (SSSR count). The molecule has 0 atom stereocenters. The van der Waals surface area contributed by atoms with E-state index < -0.39 is 11.7 Å². The van der Waals surface area contributed by atoms with Crippen molar-refractivity contribution < 1.29 is 13.2 Å². The van der Waals surface area contributed by atoms with Crippen molar-refractivity contribution in [2.24, 2.45) is 5.73 Å². The van der Waals surface area contributed by atoms with Crippen LogP contribution in [0.3, 0.4) is 0 Å². The lowest BCUT2D eigenvalue weighted by atomic mass is 10.1. The van der Waals surface area contributed by atoms with Gasteiger partial charge in [-0.05, 0) is 17.7 Å². The zero-order chi connectivity index (χ0) is 13.2. The van der Waals surface area contributed by atoms with E-state index in [-0.39, 0.29) is 13.1 Å². The molecule has 2 N–H and O–H groups in total. The van der Waals surface area contributed by atoms with E-state index in [9.17, 15) is 13.2 Å². The van der Waals surface area contributed by atoms with Crippen LogP contribution in [-0.2, 0) is 19.3 Å². The highest BCUT2D eigenvalue weighted by molar-refractivity contribution is 5.25. The molecule has 0 radical (unpaired) electrons. The van der Waals surface area contributed by atoms with Gasteiger partial charge in [-0.3, -0.25) is 0 Å². The van der Waals surface area contributed by atoms with Gasteiger partial charge in [-0.25, -0.2) is 9.67 Å². The van der Waals surface area contributed by atoms with Gasteiger partial charge in [0.05, 0.1) is 18.7 Å². The van der Waals surface area contributed by atoms with Crippen LogP contribution < -0.4 is 5.73 Å². The van der Waals surface area contributed by atoms with Gasteiger partial charge >= 0.3 is 6.18 Å². The Morgan fingerprint density at radius 1 is 1.28 bits per heavy atom. The van der Waals surface area contributed by atoms with E-state index in [4.69, 9.17) is 5.73 Å². The number of nitrogens with two attached hydrogens (primary N) is 1. The molecule has 96 valence electrons. The number of nitrogens with zero attached hydrogens (tertiary/aromatic N) is 3. The van der Waals surface area contributed by atoms with Crippen molar-refractivity contribution in [3.8, 4) is 0 Å². The van der Waals surface area contributed by atoms with Crippen LogP contribution in [0.5, 0.6) is 0 Å². The first-order valence-corrected chi connectivity index (χ1v) is 5.23. The van der Waals surface area contributed by atoms with Gasteiger partial charge in [-0.15, -0.1) is 0 Å². The second kappa shape index (κ2) is 4.77. The lowest BCUT2D eigenvalue weighted by Gasteiger charge is -2.09. The average Bonchev–Trinajstić information content (AvgIpc) is 2.75. The summed E-state index contributed by atoms with van der Waals surface area (Å²) >= 11 is 0. The van der Waals surface area contributed by atoms with Crippen LogP contribution in [0.2, 0.25) is 0 Å². The van der Waals surface area contributed by atoms with Gasteiger partial charge in [0.25, 0.3) is 0 Å². The van der Waals surface area contributed by atoms with Crippen LogP contribution in [0, 0.1) is 0 Å². The number of hydrogen-bond acceptors (Lipinski definition) is 3. The van der Waals surface area contributed by atoms with E-state index >= 15 is 0 Å². The van der Waals surface area contributed by atoms with Crippen molar-refractivity contribution in [2.75, 3.05) is 0 Å². The van der Waals surface area contributed by atoms with E-state index in [1.807, 2.05) is 0 Å². The molecule has 0 unspecified atom stereocenters. The molecule has 0 aliphatic heterocycles. The molecule has 0 saturated heterocycles. The fourth-order valence-electron chi connectivity index (χ4n) is 1.60. The third kappa shape index (κ3) is 2.67. The van der Waals surface area contributed by atoms with Crippen LogP contribution in [0.15, 0.2) is 30.6 Å². The molecule has 0 bridgehead atoms. The van der Waals surface area contributed by atoms with Gasteiger partial charge in [0.1, 0.15) is 12.2 Å². The van der Waals surface area contributed by atoms with Crippen molar-refractivity contribution in [3.63, 3.8) is 0 Å². The van der Waals surface area contributed by atoms with Gasteiger partial charge in [0.15, 0.2) is 0 Å². The summed E-state index contributed by atoms with van der Waals surface area (Å²) in [7, 11) is 0. The maximum atomic E-state index is 12.5. The molecule has 4 nitrogen and oxygen atoms in total. The first-order valence-electron chi connectivity index (χ1n) is 5.23. The quantitative estimate of drug-likeness (QED) is 0.911. The summed E-state index contributed by atoms with van der Waals surface area (Å²) in [6, 6.07) is 5.12. The molecule has 0 amide bonds. The third-order valence-corrected chi connectivity index (χ3v) is 2.46. The predicted octanol–water partition coefficient (Wildman–Crippen LogP) is 1.80. The molecule has 1 aromatic carbocycles. The molecule has 1 aromatic heterocycles. The number of aromatic nitrogens is 3. The topological polar surface area (TPSA) is 56.7 Å². The van der Waals surface area contributed by atoms with Gasteiger partial charge < -0.3 is 5.73 Å². The maximum Gasteiger partial charge on any atom is 0.416 e. The minimum absolute atomic E-state index is 0.193. The molecule has 1 heterocycles. The van der Waals surface area contributed by atoms with Crippen molar-refractivity contribution >= 4 is 0 Å². The SMILES string of the molecule is NCc1ncnn1Cc1cccc(C(F)(F)F)c1. The number of alkyl halides is 3. The Bertz CT molecular complexity index is 533. The lowest BCUT2D eigenvalue weighted by molar-refractivity contribution is -0.137. The lowest BCUT2D eigenvalue weighted by Crippen LogP contribution is -2.12. The molecule has 0 saturated carbocycles. The van der Waals surface area contributed by atoms with Gasteiger partial charge in [0, 0.05) is 0 Å². The molecule has 0 spiro atoms. The van der Waals surface area contributed by atoms with Crippen LogP contribution in [-0.4, -0.2) is 14.8 Å². The summed E-state index contributed by atoms with van der Waals surface area (Å²) in [6.45, 7) is 0.412.